The Hall–Kier alpha value is -1.31. The molecular formula is C12H13F2NO3S. The number of aliphatic hydroxyl groups excluding tert-OH is 1. The van der Waals surface area contributed by atoms with Crippen molar-refractivity contribution in [3.63, 3.8) is 0 Å². The van der Waals surface area contributed by atoms with Crippen LogP contribution in [0.5, 0.6) is 0 Å². The van der Waals surface area contributed by atoms with Crippen molar-refractivity contribution in [1.82, 2.24) is 5.32 Å². The van der Waals surface area contributed by atoms with Crippen molar-refractivity contribution in [3.8, 4) is 0 Å². The standard InChI is InChI=1S/C12H13F2NO3S/c13-9-2-1-3-10(14)12(9)11(16)6-15-8-4-5-19(17,18)7-8/h1-5,8,11,15-16H,6-7H2. The van der Waals surface area contributed by atoms with Crippen LogP contribution < -0.4 is 5.32 Å². The van der Waals surface area contributed by atoms with Crippen LogP contribution in [0.3, 0.4) is 0 Å². The fourth-order valence-electron chi connectivity index (χ4n) is 1.90. The predicted octanol–water partition coefficient (Wildman–Crippen LogP) is 0.898. The zero-order valence-electron chi connectivity index (χ0n) is 9.88. The van der Waals surface area contributed by atoms with E-state index in [1.807, 2.05) is 0 Å². The molecular weight excluding hydrogens is 276 g/mol. The minimum absolute atomic E-state index is 0.112. The van der Waals surface area contributed by atoms with E-state index in [0.717, 1.165) is 17.5 Å². The van der Waals surface area contributed by atoms with E-state index in [-0.39, 0.29) is 12.3 Å². The number of hydrogen-bond acceptors (Lipinski definition) is 4. The maximum absolute atomic E-state index is 13.4. The lowest BCUT2D eigenvalue weighted by atomic mass is 10.1. The smallest absolute Gasteiger partial charge is 0.173 e. The van der Waals surface area contributed by atoms with Crippen LogP contribution in [-0.4, -0.2) is 31.9 Å². The lowest BCUT2D eigenvalue weighted by Crippen LogP contribution is -2.33. The zero-order valence-corrected chi connectivity index (χ0v) is 10.7. The third-order valence-electron chi connectivity index (χ3n) is 2.84. The first-order valence-corrected chi connectivity index (χ1v) is 7.37. The van der Waals surface area contributed by atoms with Crippen LogP contribution in [0.2, 0.25) is 0 Å². The Morgan fingerprint density at radius 1 is 1.37 bits per heavy atom. The van der Waals surface area contributed by atoms with Crippen LogP contribution in [0.25, 0.3) is 0 Å². The molecule has 2 unspecified atom stereocenters. The molecule has 0 bridgehead atoms. The molecule has 1 aliphatic rings. The summed E-state index contributed by atoms with van der Waals surface area (Å²) >= 11 is 0. The highest BCUT2D eigenvalue weighted by molar-refractivity contribution is 7.94. The van der Waals surface area contributed by atoms with E-state index in [2.05, 4.69) is 5.32 Å². The highest BCUT2D eigenvalue weighted by Crippen LogP contribution is 2.20. The molecule has 0 aromatic heterocycles. The molecule has 104 valence electrons. The van der Waals surface area contributed by atoms with Gasteiger partial charge in [-0.15, -0.1) is 0 Å². The van der Waals surface area contributed by atoms with Gasteiger partial charge in [0.15, 0.2) is 9.84 Å². The molecule has 4 nitrogen and oxygen atoms in total. The van der Waals surface area contributed by atoms with Gasteiger partial charge in [0.1, 0.15) is 11.6 Å². The quantitative estimate of drug-likeness (QED) is 0.864. The first-order valence-electron chi connectivity index (χ1n) is 5.65. The van der Waals surface area contributed by atoms with Crippen molar-refractivity contribution in [2.24, 2.45) is 0 Å². The van der Waals surface area contributed by atoms with Gasteiger partial charge in [0.25, 0.3) is 0 Å². The van der Waals surface area contributed by atoms with E-state index in [1.165, 1.54) is 12.1 Å². The average molecular weight is 289 g/mol. The molecule has 0 saturated heterocycles. The van der Waals surface area contributed by atoms with Gasteiger partial charge >= 0.3 is 0 Å². The summed E-state index contributed by atoms with van der Waals surface area (Å²) in [6.45, 7) is -0.137. The summed E-state index contributed by atoms with van der Waals surface area (Å²) < 4.78 is 49.1. The SMILES string of the molecule is O=S1(=O)C=CC(NCC(O)c2c(F)cccc2F)C1. The number of nitrogens with one attached hydrogen (secondary N) is 1. The second kappa shape index (κ2) is 5.36. The normalized spacial score (nSPS) is 22.6. The highest BCUT2D eigenvalue weighted by Gasteiger charge is 2.23. The molecule has 0 radical (unpaired) electrons. The molecule has 1 aromatic carbocycles. The molecule has 2 atom stereocenters. The summed E-state index contributed by atoms with van der Waals surface area (Å²) in [5.74, 6) is -1.77. The molecule has 2 rings (SSSR count). The molecule has 7 heteroatoms. The van der Waals surface area contributed by atoms with Crippen molar-refractivity contribution >= 4 is 9.84 Å². The Morgan fingerprint density at radius 3 is 2.53 bits per heavy atom. The van der Waals surface area contributed by atoms with E-state index >= 15 is 0 Å². The lowest BCUT2D eigenvalue weighted by molar-refractivity contribution is 0.163. The molecule has 1 aromatic rings. The largest absolute Gasteiger partial charge is 0.387 e. The van der Waals surface area contributed by atoms with Gasteiger partial charge in [0.05, 0.1) is 17.4 Å². The van der Waals surface area contributed by atoms with Gasteiger partial charge in [-0.25, -0.2) is 17.2 Å². The predicted molar refractivity (Wildman–Crippen MR) is 66.0 cm³/mol. The summed E-state index contributed by atoms with van der Waals surface area (Å²) in [6.07, 6.45) is 0.0673. The first-order chi connectivity index (χ1) is 8.89. The molecule has 0 aliphatic carbocycles. The third kappa shape index (κ3) is 3.37. The van der Waals surface area contributed by atoms with E-state index in [1.54, 1.807) is 0 Å². The van der Waals surface area contributed by atoms with E-state index in [0.29, 0.717) is 0 Å². The van der Waals surface area contributed by atoms with Crippen LogP contribution in [0.15, 0.2) is 29.7 Å². The minimum atomic E-state index is -3.20. The number of sulfone groups is 1. The maximum atomic E-state index is 13.4. The van der Waals surface area contributed by atoms with E-state index < -0.39 is 39.2 Å². The molecule has 0 spiro atoms. The Kier molecular flexibility index (Phi) is 3.98. The number of halogens is 2. The summed E-state index contributed by atoms with van der Waals surface area (Å²) in [5.41, 5.74) is -0.417. The van der Waals surface area contributed by atoms with Crippen molar-refractivity contribution in [1.29, 1.82) is 0 Å². The monoisotopic (exact) mass is 289 g/mol. The molecule has 0 amide bonds. The number of benzene rings is 1. The highest BCUT2D eigenvalue weighted by atomic mass is 32.2. The minimum Gasteiger partial charge on any atom is -0.387 e. The molecule has 1 heterocycles. The second-order valence-electron chi connectivity index (χ2n) is 4.32. The fourth-order valence-corrected chi connectivity index (χ4v) is 3.17. The van der Waals surface area contributed by atoms with Crippen molar-refractivity contribution in [2.75, 3.05) is 12.3 Å². The van der Waals surface area contributed by atoms with Crippen LogP contribution >= 0.6 is 0 Å². The van der Waals surface area contributed by atoms with Crippen LogP contribution in [0.1, 0.15) is 11.7 Å². The third-order valence-corrected chi connectivity index (χ3v) is 4.23. The van der Waals surface area contributed by atoms with Crippen LogP contribution in [0.4, 0.5) is 8.78 Å². The average Bonchev–Trinajstić information content (AvgIpc) is 2.66. The van der Waals surface area contributed by atoms with Crippen molar-refractivity contribution < 1.29 is 22.3 Å². The Balaban J connectivity index is 1.99. The van der Waals surface area contributed by atoms with E-state index in [9.17, 15) is 22.3 Å². The summed E-state index contributed by atoms with van der Waals surface area (Å²) in [7, 11) is -3.20. The van der Waals surface area contributed by atoms with Gasteiger partial charge in [0.2, 0.25) is 0 Å². The van der Waals surface area contributed by atoms with Gasteiger partial charge in [0, 0.05) is 18.0 Å². The summed E-state index contributed by atoms with van der Waals surface area (Å²) in [6, 6.07) is 2.87. The van der Waals surface area contributed by atoms with E-state index in [4.69, 9.17) is 0 Å². The maximum Gasteiger partial charge on any atom is 0.173 e. The number of aliphatic hydroxyl groups is 1. The number of rotatable bonds is 4. The Labute approximate surface area is 109 Å². The number of hydrogen-bond donors (Lipinski definition) is 2. The Bertz CT molecular complexity index is 581. The molecule has 19 heavy (non-hydrogen) atoms. The van der Waals surface area contributed by atoms with Gasteiger partial charge in [-0.2, -0.15) is 0 Å². The van der Waals surface area contributed by atoms with Gasteiger partial charge in [-0.05, 0) is 12.1 Å². The molecule has 0 saturated carbocycles. The summed E-state index contributed by atoms with van der Waals surface area (Å²) in [4.78, 5) is 0. The van der Waals surface area contributed by atoms with Crippen LogP contribution in [0, 0.1) is 11.6 Å². The lowest BCUT2D eigenvalue weighted by Gasteiger charge is -2.16. The molecule has 2 N–H and O–H groups in total. The first kappa shape index (κ1) is 14.1. The van der Waals surface area contributed by atoms with Gasteiger partial charge in [-0.1, -0.05) is 12.1 Å². The zero-order chi connectivity index (χ0) is 14.0. The van der Waals surface area contributed by atoms with Crippen molar-refractivity contribution in [2.45, 2.75) is 12.1 Å². The van der Waals surface area contributed by atoms with Crippen molar-refractivity contribution in [3.05, 3.63) is 46.9 Å². The fraction of sp³-hybridized carbons (Fsp3) is 0.333. The second-order valence-corrected chi connectivity index (χ2v) is 6.26. The van der Waals surface area contributed by atoms with Gasteiger partial charge < -0.3 is 10.4 Å². The van der Waals surface area contributed by atoms with Gasteiger partial charge in [-0.3, -0.25) is 0 Å². The summed E-state index contributed by atoms with van der Waals surface area (Å²) in [5, 5.41) is 13.6. The van der Waals surface area contributed by atoms with Crippen LogP contribution in [-0.2, 0) is 9.84 Å². The molecule has 0 fully saturated rings. The molecule has 1 aliphatic heterocycles. The Morgan fingerprint density at radius 2 is 2.00 bits per heavy atom. The topological polar surface area (TPSA) is 66.4 Å².